The third-order valence-electron chi connectivity index (χ3n) is 10.4. The molecule has 0 aliphatic carbocycles. The molecule has 58 heavy (non-hydrogen) atoms. The molecule has 0 spiro atoms. The molecule has 10 aromatic rings. The van der Waals surface area contributed by atoms with Gasteiger partial charge in [0.15, 0.2) is 11.2 Å². The second kappa shape index (κ2) is 14.8. The Kier molecular flexibility index (Phi) is 8.84. The van der Waals surface area contributed by atoms with Gasteiger partial charge in [0.2, 0.25) is 11.8 Å². The summed E-state index contributed by atoms with van der Waals surface area (Å²) in [7, 11) is 0. The zero-order valence-electron chi connectivity index (χ0n) is 32.1. The highest BCUT2D eigenvalue weighted by molar-refractivity contribution is 5.87. The van der Waals surface area contributed by atoms with Crippen molar-refractivity contribution < 1.29 is 8.83 Å². The van der Waals surface area contributed by atoms with Gasteiger partial charge in [0.05, 0.1) is 0 Å². The van der Waals surface area contributed by atoms with E-state index in [4.69, 9.17) is 18.8 Å². The van der Waals surface area contributed by atoms with Gasteiger partial charge in [0, 0.05) is 57.4 Å². The van der Waals surface area contributed by atoms with Gasteiger partial charge < -0.3 is 18.6 Å². The number of oxazole rings is 2. The normalized spacial score (nSPS) is 11.3. The third kappa shape index (κ3) is 6.77. The van der Waals surface area contributed by atoms with Gasteiger partial charge in [-0.15, -0.1) is 0 Å². The first-order valence-corrected chi connectivity index (χ1v) is 19.4. The standard InChI is InChI=1S/C52H38N4O2/c1-35-11-9-17-43(31-35)55(41-13-5-3-6-14-41)45-27-29-47-49(33-45)57-51(53-47)39-23-19-37(20-24-39)38-21-25-40(26-22-38)52-54-48-30-28-46(34-50(48)58-52)56(42-15-7-4-8-16-42)44-18-10-12-36(2)32-44/h3-34H,1-2H3. The smallest absolute Gasteiger partial charge is 0.227 e. The number of fused-ring (bicyclic) bond motifs is 2. The number of nitrogens with zero attached hydrogens (tertiary/aromatic N) is 4. The highest BCUT2D eigenvalue weighted by Crippen LogP contribution is 2.39. The molecular formula is C52H38N4O2. The average Bonchev–Trinajstić information content (AvgIpc) is 3.90. The summed E-state index contributed by atoms with van der Waals surface area (Å²) in [6, 6.07) is 66.9. The molecule has 0 amide bonds. The van der Waals surface area contributed by atoms with Gasteiger partial charge in [-0.3, -0.25) is 0 Å². The van der Waals surface area contributed by atoms with Gasteiger partial charge in [-0.25, -0.2) is 9.97 Å². The lowest BCUT2D eigenvalue weighted by atomic mass is 10.0. The molecule has 0 fully saturated rings. The lowest BCUT2D eigenvalue weighted by Gasteiger charge is -2.25. The van der Waals surface area contributed by atoms with E-state index in [1.165, 1.54) is 11.1 Å². The first-order chi connectivity index (χ1) is 28.5. The summed E-state index contributed by atoms with van der Waals surface area (Å²) in [6.07, 6.45) is 0. The van der Waals surface area contributed by atoms with Crippen LogP contribution in [0.25, 0.3) is 56.2 Å². The second-order valence-corrected chi connectivity index (χ2v) is 14.5. The number of aromatic nitrogens is 2. The van der Waals surface area contributed by atoms with Crippen LogP contribution in [0.1, 0.15) is 11.1 Å². The molecule has 2 aromatic heterocycles. The minimum absolute atomic E-state index is 0.584. The Morgan fingerprint density at radius 2 is 0.690 bits per heavy atom. The highest BCUT2D eigenvalue weighted by Gasteiger charge is 2.18. The first kappa shape index (κ1) is 34.8. The van der Waals surface area contributed by atoms with E-state index in [2.05, 4.69) is 194 Å². The maximum atomic E-state index is 6.39. The van der Waals surface area contributed by atoms with E-state index in [1.807, 2.05) is 24.3 Å². The van der Waals surface area contributed by atoms with E-state index in [0.29, 0.717) is 11.8 Å². The van der Waals surface area contributed by atoms with E-state index in [0.717, 1.165) is 78.6 Å². The van der Waals surface area contributed by atoms with Crippen LogP contribution in [0.5, 0.6) is 0 Å². The average molecular weight is 751 g/mol. The van der Waals surface area contributed by atoms with Crippen LogP contribution in [0.3, 0.4) is 0 Å². The summed E-state index contributed by atoms with van der Waals surface area (Å²) in [6.45, 7) is 4.22. The van der Waals surface area contributed by atoms with Gasteiger partial charge in [0.1, 0.15) is 11.0 Å². The van der Waals surface area contributed by atoms with Gasteiger partial charge in [-0.05, 0) is 133 Å². The molecule has 0 unspecified atom stereocenters. The molecule has 6 heteroatoms. The molecule has 0 radical (unpaired) electrons. The van der Waals surface area contributed by atoms with E-state index in [9.17, 15) is 0 Å². The zero-order chi connectivity index (χ0) is 39.0. The van der Waals surface area contributed by atoms with Crippen LogP contribution in [-0.4, -0.2) is 9.97 Å². The van der Waals surface area contributed by atoms with E-state index >= 15 is 0 Å². The molecule has 0 saturated carbocycles. The number of benzene rings is 8. The van der Waals surface area contributed by atoms with Gasteiger partial charge in [0.25, 0.3) is 0 Å². The van der Waals surface area contributed by atoms with Crippen molar-refractivity contribution in [3.8, 4) is 34.0 Å². The Bertz CT molecular complexity index is 2820. The maximum Gasteiger partial charge on any atom is 0.227 e. The molecule has 2 heterocycles. The topological polar surface area (TPSA) is 58.5 Å². The Morgan fingerprint density at radius 3 is 1.09 bits per heavy atom. The Balaban J connectivity index is 0.891. The van der Waals surface area contributed by atoms with Gasteiger partial charge in [-0.2, -0.15) is 0 Å². The molecule has 0 N–H and O–H groups in total. The molecule has 6 nitrogen and oxygen atoms in total. The van der Waals surface area contributed by atoms with Crippen molar-refractivity contribution in [2.75, 3.05) is 9.80 Å². The largest absolute Gasteiger partial charge is 0.436 e. The number of hydrogen-bond acceptors (Lipinski definition) is 6. The second-order valence-electron chi connectivity index (χ2n) is 14.5. The Morgan fingerprint density at radius 1 is 0.328 bits per heavy atom. The zero-order valence-corrected chi connectivity index (χ0v) is 32.1. The van der Waals surface area contributed by atoms with Crippen molar-refractivity contribution in [1.29, 1.82) is 0 Å². The number of rotatable bonds is 9. The number of aryl methyl sites for hydroxylation is 2. The third-order valence-corrected chi connectivity index (χ3v) is 10.4. The minimum atomic E-state index is 0.584. The molecule has 0 bridgehead atoms. The number of hydrogen-bond donors (Lipinski definition) is 0. The molecule has 10 rings (SSSR count). The molecule has 0 saturated heterocycles. The van der Waals surface area contributed by atoms with Gasteiger partial charge >= 0.3 is 0 Å². The van der Waals surface area contributed by atoms with Crippen LogP contribution in [-0.2, 0) is 0 Å². The summed E-state index contributed by atoms with van der Waals surface area (Å²) < 4.78 is 12.8. The van der Waals surface area contributed by atoms with Gasteiger partial charge in [-0.1, -0.05) is 84.9 Å². The fourth-order valence-electron chi connectivity index (χ4n) is 7.54. The Hall–Kier alpha value is -7.70. The Labute approximate surface area is 336 Å². The quantitative estimate of drug-likeness (QED) is 0.146. The van der Waals surface area contributed by atoms with E-state index < -0.39 is 0 Å². The van der Waals surface area contributed by atoms with Crippen molar-refractivity contribution in [2.45, 2.75) is 13.8 Å². The van der Waals surface area contributed by atoms with Crippen molar-refractivity contribution >= 4 is 56.3 Å². The summed E-state index contributed by atoms with van der Waals surface area (Å²) in [4.78, 5) is 14.2. The van der Waals surface area contributed by atoms with Crippen LogP contribution in [0.4, 0.5) is 34.1 Å². The van der Waals surface area contributed by atoms with Crippen LogP contribution >= 0.6 is 0 Å². The number of para-hydroxylation sites is 2. The van der Waals surface area contributed by atoms with Crippen LogP contribution < -0.4 is 9.80 Å². The summed E-state index contributed by atoms with van der Waals surface area (Å²) in [5.41, 5.74) is 15.8. The molecule has 0 atom stereocenters. The maximum absolute atomic E-state index is 6.39. The van der Waals surface area contributed by atoms with E-state index in [1.54, 1.807) is 0 Å². The SMILES string of the molecule is Cc1cccc(N(c2ccccc2)c2ccc3nc(-c4ccc(-c5ccc(-c6nc7ccc(N(c8ccccc8)c8cccc(C)c8)cc7o6)cc5)cc4)oc3c2)c1. The summed E-state index contributed by atoms with van der Waals surface area (Å²) in [5.74, 6) is 1.17. The molecule has 8 aromatic carbocycles. The van der Waals surface area contributed by atoms with Crippen molar-refractivity contribution in [1.82, 2.24) is 9.97 Å². The predicted molar refractivity (Wildman–Crippen MR) is 237 cm³/mol. The fourth-order valence-corrected chi connectivity index (χ4v) is 7.54. The van der Waals surface area contributed by atoms with Crippen LogP contribution in [0.2, 0.25) is 0 Å². The van der Waals surface area contributed by atoms with Crippen LogP contribution in [0.15, 0.2) is 203 Å². The summed E-state index contributed by atoms with van der Waals surface area (Å²) >= 11 is 0. The highest BCUT2D eigenvalue weighted by atomic mass is 16.4. The van der Waals surface area contributed by atoms with Crippen molar-refractivity contribution in [3.05, 3.63) is 205 Å². The van der Waals surface area contributed by atoms with Crippen molar-refractivity contribution in [2.24, 2.45) is 0 Å². The molecular weight excluding hydrogens is 713 g/mol. The van der Waals surface area contributed by atoms with Crippen molar-refractivity contribution in [3.63, 3.8) is 0 Å². The molecule has 0 aliphatic rings. The summed E-state index contributed by atoms with van der Waals surface area (Å²) in [5, 5.41) is 0. The van der Waals surface area contributed by atoms with Crippen LogP contribution in [0, 0.1) is 13.8 Å². The predicted octanol–water partition coefficient (Wildman–Crippen LogP) is 14.5. The molecule has 0 aliphatic heterocycles. The number of anilines is 6. The minimum Gasteiger partial charge on any atom is -0.436 e. The monoisotopic (exact) mass is 750 g/mol. The fraction of sp³-hybridized carbons (Fsp3) is 0.0385. The lowest BCUT2D eigenvalue weighted by Crippen LogP contribution is -2.09. The molecule has 278 valence electrons. The first-order valence-electron chi connectivity index (χ1n) is 19.4. The van der Waals surface area contributed by atoms with E-state index in [-0.39, 0.29) is 0 Å². The lowest BCUT2D eigenvalue weighted by molar-refractivity contribution is 0.619.